The van der Waals surface area contributed by atoms with Crippen molar-refractivity contribution in [3.63, 3.8) is 0 Å². The first-order valence-corrected chi connectivity index (χ1v) is 8.71. The maximum Gasteiger partial charge on any atom is 0.282 e. The van der Waals surface area contributed by atoms with E-state index >= 15 is 0 Å². The van der Waals surface area contributed by atoms with Gasteiger partial charge in [-0.2, -0.15) is 5.10 Å². The van der Waals surface area contributed by atoms with Crippen LogP contribution >= 0.6 is 0 Å². The minimum absolute atomic E-state index is 0.180. The minimum Gasteiger partial charge on any atom is -0.457 e. The summed E-state index contributed by atoms with van der Waals surface area (Å²) in [6.45, 7) is 2.09. The normalized spacial score (nSPS) is 10.8. The third-order valence-corrected chi connectivity index (χ3v) is 4.05. The Hall–Kier alpha value is -3.42. The Morgan fingerprint density at radius 2 is 1.71 bits per heavy atom. The van der Waals surface area contributed by atoms with Gasteiger partial charge in [-0.25, -0.2) is 8.78 Å². The molecular formula is C20H20F2N4O2. The first-order chi connectivity index (χ1) is 13.5. The molecule has 0 aliphatic heterocycles. The van der Waals surface area contributed by atoms with Gasteiger partial charge in [-0.15, -0.1) is 0 Å². The predicted octanol–water partition coefficient (Wildman–Crippen LogP) is 4.47. The molecule has 146 valence electrons. The van der Waals surface area contributed by atoms with Gasteiger partial charge in [0.25, 0.3) is 12.3 Å². The SMILES string of the molecule is CCc1ccc(Oc2ccc(NNC(=O)c3cn(C)nc3C(F)F)cc2)cc1. The molecule has 1 heterocycles. The highest BCUT2D eigenvalue weighted by Gasteiger charge is 2.22. The molecule has 0 spiro atoms. The summed E-state index contributed by atoms with van der Waals surface area (Å²) >= 11 is 0. The maximum absolute atomic E-state index is 12.9. The lowest BCUT2D eigenvalue weighted by Crippen LogP contribution is -2.29. The molecule has 0 atom stereocenters. The summed E-state index contributed by atoms with van der Waals surface area (Å²) in [5, 5.41) is 3.61. The summed E-state index contributed by atoms with van der Waals surface area (Å²) < 4.78 is 32.8. The zero-order valence-corrected chi connectivity index (χ0v) is 15.4. The van der Waals surface area contributed by atoms with Crippen molar-refractivity contribution in [2.75, 3.05) is 5.43 Å². The summed E-state index contributed by atoms with van der Waals surface area (Å²) in [5.74, 6) is 0.662. The first-order valence-electron chi connectivity index (χ1n) is 8.71. The molecule has 3 rings (SSSR count). The lowest BCUT2D eigenvalue weighted by molar-refractivity contribution is 0.0948. The van der Waals surface area contributed by atoms with Crippen LogP contribution in [-0.4, -0.2) is 15.7 Å². The highest BCUT2D eigenvalue weighted by atomic mass is 19.3. The smallest absolute Gasteiger partial charge is 0.282 e. The van der Waals surface area contributed by atoms with Crippen molar-refractivity contribution in [2.24, 2.45) is 7.05 Å². The maximum atomic E-state index is 12.9. The summed E-state index contributed by atoms with van der Waals surface area (Å²) in [6, 6.07) is 14.7. The molecular weight excluding hydrogens is 366 g/mol. The molecule has 0 fully saturated rings. The highest BCUT2D eigenvalue weighted by molar-refractivity contribution is 5.95. The van der Waals surface area contributed by atoms with E-state index in [1.54, 1.807) is 24.3 Å². The van der Waals surface area contributed by atoms with Crippen molar-refractivity contribution in [2.45, 2.75) is 19.8 Å². The summed E-state index contributed by atoms with van der Waals surface area (Å²) in [5.41, 5.74) is 6.14. The zero-order valence-electron chi connectivity index (χ0n) is 15.4. The van der Waals surface area contributed by atoms with Crippen molar-refractivity contribution in [3.8, 4) is 11.5 Å². The Morgan fingerprint density at radius 3 is 2.29 bits per heavy atom. The van der Waals surface area contributed by atoms with Gasteiger partial charge in [-0.1, -0.05) is 19.1 Å². The van der Waals surface area contributed by atoms with Crippen LogP contribution in [0.3, 0.4) is 0 Å². The van der Waals surface area contributed by atoms with E-state index in [2.05, 4.69) is 22.9 Å². The van der Waals surface area contributed by atoms with Crippen LogP contribution in [0.25, 0.3) is 0 Å². The van der Waals surface area contributed by atoms with Gasteiger partial charge in [0, 0.05) is 13.2 Å². The monoisotopic (exact) mass is 386 g/mol. The fraction of sp³-hybridized carbons (Fsp3) is 0.200. The van der Waals surface area contributed by atoms with Gasteiger partial charge in [0.1, 0.15) is 17.2 Å². The van der Waals surface area contributed by atoms with Gasteiger partial charge in [0.2, 0.25) is 0 Å². The number of hydrogen-bond donors (Lipinski definition) is 2. The number of ether oxygens (including phenoxy) is 1. The Balaban J connectivity index is 1.59. The molecule has 3 aromatic rings. The molecule has 0 aliphatic carbocycles. The molecule has 0 aliphatic rings. The van der Waals surface area contributed by atoms with E-state index in [4.69, 9.17) is 4.74 Å². The molecule has 2 aromatic carbocycles. The first kappa shape index (κ1) is 19.3. The highest BCUT2D eigenvalue weighted by Crippen LogP contribution is 2.24. The second-order valence-electron chi connectivity index (χ2n) is 6.11. The third-order valence-electron chi connectivity index (χ3n) is 4.05. The molecule has 1 aromatic heterocycles. The minimum atomic E-state index is -2.83. The fourth-order valence-corrected chi connectivity index (χ4v) is 2.57. The van der Waals surface area contributed by atoms with Crippen molar-refractivity contribution in [1.82, 2.24) is 15.2 Å². The topological polar surface area (TPSA) is 68.2 Å². The number of rotatable bonds is 7. The molecule has 2 N–H and O–H groups in total. The van der Waals surface area contributed by atoms with Crippen LogP contribution in [0.1, 0.15) is 35.0 Å². The number of nitrogens with one attached hydrogen (secondary N) is 2. The van der Waals surface area contributed by atoms with Crippen LogP contribution in [0, 0.1) is 0 Å². The van der Waals surface area contributed by atoms with Crippen LogP contribution in [0.4, 0.5) is 14.5 Å². The van der Waals surface area contributed by atoms with Crippen molar-refractivity contribution in [3.05, 3.63) is 71.5 Å². The second kappa shape index (κ2) is 8.51. The summed E-state index contributed by atoms with van der Waals surface area (Å²) in [4.78, 5) is 12.1. The number of benzene rings is 2. The Morgan fingerprint density at radius 1 is 1.11 bits per heavy atom. The van der Waals surface area contributed by atoms with Crippen LogP contribution < -0.4 is 15.6 Å². The number of carbonyl (C=O) groups is 1. The number of carbonyl (C=O) groups excluding carboxylic acids is 1. The number of halogens is 2. The molecule has 0 saturated carbocycles. The molecule has 0 unspecified atom stereocenters. The fourth-order valence-electron chi connectivity index (χ4n) is 2.57. The van der Waals surface area contributed by atoms with Gasteiger partial charge in [-0.05, 0) is 48.4 Å². The number of hydrazine groups is 1. The van der Waals surface area contributed by atoms with Crippen molar-refractivity contribution in [1.29, 1.82) is 0 Å². The average molecular weight is 386 g/mol. The molecule has 0 saturated heterocycles. The van der Waals surface area contributed by atoms with Crippen LogP contribution in [0.2, 0.25) is 0 Å². The lowest BCUT2D eigenvalue weighted by Gasteiger charge is -2.10. The van der Waals surface area contributed by atoms with Gasteiger partial charge < -0.3 is 4.74 Å². The van der Waals surface area contributed by atoms with Gasteiger partial charge in [0.05, 0.1) is 11.3 Å². The molecule has 0 radical (unpaired) electrons. The standard InChI is InChI=1S/C20H20F2N4O2/c1-3-13-4-8-15(9-5-13)28-16-10-6-14(7-11-16)23-24-20(27)17-12-26(2)25-18(17)19(21)22/h4-12,19,23H,3H2,1-2H3,(H,24,27). The van der Waals surface area contributed by atoms with E-state index < -0.39 is 18.0 Å². The number of nitrogens with zero attached hydrogens (tertiary/aromatic N) is 2. The molecule has 6 nitrogen and oxygen atoms in total. The zero-order chi connectivity index (χ0) is 20.1. The number of alkyl halides is 2. The van der Waals surface area contributed by atoms with E-state index in [9.17, 15) is 13.6 Å². The van der Waals surface area contributed by atoms with Crippen LogP contribution in [0.15, 0.2) is 54.7 Å². The number of aromatic nitrogens is 2. The Kier molecular flexibility index (Phi) is 5.88. The third kappa shape index (κ3) is 4.64. The quantitative estimate of drug-likeness (QED) is 0.588. The van der Waals surface area contributed by atoms with E-state index in [0.29, 0.717) is 11.4 Å². The largest absolute Gasteiger partial charge is 0.457 e. The Bertz CT molecular complexity index is 938. The number of hydrogen-bond acceptors (Lipinski definition) is 4. The summed E-state index contributed by atoms with van der Waals surface area (Å²) in [6.07, 6.45) is -0.617. The molecule has 8 heteroatoms. The Labute approximate surface area is 161 Å². The predicted molar refractivity (Wildman–Crippen MR) is 102 cm³/mol. The molecule has 1 amide bonds. The van der Waals surface area contributed by atoms with E-state index in [0.717, 1.165) is 12.2 Å². The van der Waals surface area contributed by atoms with E-state index in [1.807, 2.05) is 24.3 Å². The second-order valence-corrected chi connectivity index (χ2v) is 6.11. The van der Waals surface area contributed by atoms with Crippen LogP contribution in [-0.2, 0) is 13.5 Å². The van der Waals surface area contributed by atoms with Crippen molar-refractivity contribution >= 4 is 11.6 Å². The number of aryl methyl sites for hydroxylation is 2. The van der Waals surface area contributed by atoms with E-state index in [-0.39, 0.29) is 5.56 Å². The number of amides is 1. The lowest BCUT2D eigenvalue weighted by atomic mass is 10.2. The van der Waals surface area contributed by atoms with Gasteiger partial charge in [0.15, 0.2) is 0 Å². The molecule has 28 heavy (non-hydrogen) atoms. The van der Waals surface area contributed by atoms with Gasteiger partial charge >= 0.3 is 0 Å². The van der Waals surface area contributed by atoms with E-state index in [1.165, 1.54) is 23.5 Å². The molecule has 0 bridgehead atoms. The van der Waals surface area contributed by atoms with Crippen molar-refractivity contribution < 1.29 is 18.3 Å². The van der Waals surface area contributed by atoms with Crippen LogP contribution in [0.5, 0.6) is 11.5 Å². The number of anilines is 1. The van der Waals surface area contributed by atoms with Gasteiger partial charge in [-0.3, -0.25) is 20.3 Å². The summed E-state index contributed by atoms with van der Waals surface area (Å²) in [7, 11) is 1.48. The average Bonchev–Trinajstić information content (AvgIpc) is 3.10.